The van der Waals surface area contributed by atoms with E-state index in [0.29, 0.717) is 17.4 Å². The SMILES string of the molecule is CC/C=C\C/C=C\C/C=C\C/C=C\CCCCCCCCCCCCCCCCCCCCCCCCCCC(=O)OC(COC(=O)CCCCCCCCCCCCCCCCCCCCCCCCCCCCCCCCCCCCCCCC)COP(=O)([O-])OCC[N+](C)(C)C. The largest absolute Gasteiger partial charge is 0.756 e. The van der Waals surface area contributed by atoms with Crippen molar-refractivity contribution in [2.24, 2.45) is 0 Å². The lowest BCUT2D eigenvalue weighted by Crippen LogP contribution is -2.37. The van der Waals surface area contributed by atoms with Crippen molar-refractivity contribution in [3.8, 4) is 0 Å². The van der Waals surface area contributed by atoms with E-state index in [1.165, 1.54) is 366 Å². The van der Waals surface area contributed by atoms with Crippen LogP contribution in [0.25, 0.3) is 0 Å². The summed E-state index contributed by atoms with van der Waals surface area (Å²) in [6.45, 7) is 4.22. The first-order valence-electron chi connectivity index (χ1n) is 43.8. The number of rotatable bonds is 83. The highest BCUT2D eigenvalue weighted by Gasteiger charge is 2.22. The second kappa shape index (κ2) is 80.1. The van der Waals surface area contributed by atoms with Crippen molar-refractivity contribution in [1.82, 2.24) is 0 Å². The molecule has 9 nitrogen and oxygen atoms in total. The standard InChI is InChI=1S/C89H170NO8P/c1-6-8-10-12-14-16-18-20-22-24-26-28-30-32-34-36-38-40-42-44-46-47-49-51-53-55-57-59-61-63-65-67-69-71-73-75-77-79-81-88(91)95-85-87(86-97-99(93,94)96-84-83-90(3,4)5)98-89(92)82-80-78-76-74-72-70-68-66-64-62-60-58-56-54-52-50-48-45-43-41-39-37-35-33-31-29-27-25-23-21-19-17-15-13-11-9-7-2/h9,11,15,17,21,23,27,29,87H,6-8,10,12-14,16,18-20,22,24-26,28,30-86H2,1-5H3/b11-9-,17-15-,23-21-,29-27-. The van der Waals surface area contributed by atoms with Crippen LogP contribution >= 0.6 is 7.82 Å². The van der Waals surface area contributed by atoms with Gasteiger partial charge in [-0.05, 0) is 51.4 Å². The average molecular weight is 1410 g/mol. The topological polar surface area (TPSA) is 111 Å². The van der Waals surface area contributed by atoms with E-state index in [9.17, 15) is 19.0 Å². The van der Waals surface area contributed by atoms with Crippen LogP contribution in [0.15, 0.2) is 48.6 Å². The highest BCUT2D eigenvalue weighted by molar-refractivity contribution is 7.45. The molecule has 584 valence electrons. The summed E-state index contributed by atoms with van der Waals surface area (Å²) in [5, 5.41) is 0. The molecule has 0 spiro atoms. The quantitative estimate of drug-likeness (QED) is 0.0195. The Morgan fingerprint density at radius 1 is 0.323 bits per heavy atom. The van der Waals surface area contributed by atoms with Gasteiger partial charge in [-0.3, -0.25) is 14.2 Å². The first kappa shape index (κ1) is 97.0. The van der Waals surface area contributed by atoms with E-state index in [1.807, 2.05) is 21.1 Å². The Morgan fingerprint density at radius 2 is 0.576 bits per heavy atom. The molecule has 0 saturated heterocycles. The number of carbonyl (C=O) groups is 2. The predicted octanol–water partition coefficient (Wildman–Crippen LogP) is 28.8. The third-order valence-corrected chi connectivity index (χ3v) is 21.1. The molecule has 0 aromatic rings. The van der Waals surface area contributed by atoms with Crippen molar-refractivity contribution in [2.45, 2.75) is 463 Å². The van der Waals surface area contributed by atoms with Crippen LogP contribution in [-0.2, 0) is 32.7 Å². The molecule has 0 aliphatic carbocycles. The maximum absolute atomic E-state index is 12.9. The van der Waals surface area contributed by atoms with Crippen LogP contribution in [0.2, 0.25) is 0 Å². The first-order valence-corrected chi connectivity index (χ1v) is 45.3. The number of phosphoric acid groups is 1. The molecule has 0 saturated carbocycles. The lowest BCUT2D eigenvalue weighted by molar-refractivity contribution is -0.870. The highest BCUT2D eigenvalue weighted by Crippen LogP contribution is 2.38. The van der Waals surface area contributed by atoms with E-state index >= 15 is 0 Å². The van der Waals surface area contributed by atoms with Gasteiger partial charge >= 0.3 is 11.9 Å². The number of likely N-dealkylation sites (N-methyl/N-ethyl adjacent to an activating group) is 1. The second-order valence-electron chi connectivity index (χ2n) is 31.2. The third-order valence-electron chi connectivity index (χ3n) is 20.1. The van der Waals surface area contributed by atoms with Gasteiger partial charge in [-0.2, -0.15) is 0 Å². The van der Waals surface area contributed by atoms with Gasteiger partial charge in [-0.25, -0.2) is 0 Å². The fraction of sp³-hybridized carbons (Fsp3) is 0.888. The number of unbranched alkanes of at least 4 members (excludes halogenated alkanes) is 61. The monoisotopic (exact) mass is 1410 g/mol. The summed E-state index contributed by atoms with van der Waals surface area (Å²) >= 11 is 0. The zero-order valence-corrected chi connectivity index (χ0v) is 67.9. The van der Waals surface area contributed by atoms with E-state index < -0.39 is 26.5 Å². The molecular formula is C89H170NO8P. The number of esters is 2. The number of allylic oxidation sites excluding steroid dienone is 8. The van der Waals surface area contributed by atoms with E-state index in [2.05, 4.69) is 62.5 Å². The minimum Gasteiger partial charge on any atom is -0.756 e. The number of hydrogen-bond donors (Lipinski definition) is 0. The van der Waals surface area contributed by atoms with Crippen molar-refractivity contribution >= 4 is 19.8 Å². The van der Waals surface area contributed by atoms with Crippen molar-refractivity contribution < 1.29 is 42.1 Å². The van der Waals surface area contributed by atoms with Gasteiger partial charge in [0.05, 0.1) is 27.7 Å². The Bertz CT molecular complexity index is 1810. The zero-order valence-electron chi connectivity index (χ0n) is 67.0. The molecule has 0 N–H and O–H groups in total. The normalized spacial score (nSPS) is 13.2. The molecule has 0 rings (SSSR count). The molecule has 0 heterocycles. The Kier molecular flexibility index (Phi) is 78.4. The molecular weight excluding hydrogens is 1240 g/mol. The molecule has 2 unspecified atom stereocenters. The summed E-state index contributed by atoms with van der Waals surface area (Å²) in [4.78, 5) is 38.2. The van der Waals surface area contributed by atoms with Crippen LogP contribution in [0.3, 0.4) is 0 Å². The molecule has 0 aliphatic heterocycles. The average Bonchev–Trinajstić information content (AvgIpc) is 0.999. The number of nitrogens with zero attached hydrogens (tertiary/aromatic N) is 1. The minimum atomic E-state index is -4.64. The van der Waals surface area contributed by atoms with Gasteiger partial charge in [-0.1, -0.05) is 441 Å². The van der Waals surface area contributed by atoms with Crippen molar-refractivity contribution in [2.75, 3.05) is 47.5 Å². The molecule has 0 radical (unpaired) electrons. The van der Waals surface area contributed by atoms with Gasteiger partial charge in [0.15, 0.2) is 6.10 Å². The van der Waals surface area contributed by atoms with Crippen molar-refractivity contribution in [1.29, 1.82) is 0 Å². The van der Waals surface area contributed by atoms with Crippen LogP contribution < -0.4 is 4.89 Å². The minimum absolute atomic E-state index is 0.0271. The third kappa shape index (κ3) is 84.8. The summed E-state index contributed by atoms with van der Waals surface area (Å²) < 4.78 is 34.5. The summed E-state index contributed by atoms with van der Waals surface area (Å²) in [6, 6.07) is 0. The maximum Gasteiger partial charge on any atom is 0.306 e. The molecule has 0 bridgehead atoms. The zero-order chi connectivity index (χ0) is 71.8. The maximum atomic E-state index is 12.9. The number of hydrogen-bond acceptors (Lipinski definition) is 8. The summed E-state index contributed by atoms with van der Waals surface area (Å²) in [6.07, 6.45) is 107. The van der Waals surface area contributed by atoms with Crippen LogP contribution in [0.1, 0.15) is 457 Å². The molecule has 0 amide bonds. The van der Waals surface area contributed by atoms with Gasteiger partial charge in [0.1, 0.15) is 19.8 Å². The molecule has 0 fully saturated rings. The van der Waals surface area contributed by atoms with Crippen molar-refractivity contribution in [3.05, 3.63) is 48.6 Å². The van der Waals surface area contributed by atoms with Crippen LogP contribution in [0.5, 0.6) is 0 Å². The Balaban J connectivity index is 3.84. The van der Waals surface area contributed by atoms with Crippen LogP contribution in [-0.4, -0.2) is 70.0 Å². The Hall–Kier alpha value is -2.03. The number of phosphoric ester groups is 1. The number of carbonyl (C=O) groups excluding carboxylic acids is 2. The summed E-state index contributed by atoms with van der Waals surface area (Å²) in [5.74, 6) is -0.804. The lowest BCUT2D eigenvalue weighted by Gasteiger charge is -2.28. The van der Waals surface area contributed by atoms with Gasteiger partial charge in [0, 0.05) is 12.8 Å². The Labute approximate surface area is 617 Å². The lowest BCUT2D eigenvalue weighted by atomic mass is 10.0. The number of ether oxygens (including phenoxy) is 2. The van der Waals surface area contributed by atoms with E-state index in [4.69, 9.17) is 18.5 Å². The summed E-state index contributed by atoms with van der Waals surface area (Å²) in [7, 11) is 1.19. The van der Waals surface area contributed by atoms with Crippen molar-refractivity contribution in [3.63, 3.8) is 0 Å². The predicted molar refractivity (Wildman–Crippen MR) is 430 cm³/mol. The first-order chi connectivity index (χ1) is 48.5. The van der Waals surface area contributed by atoms with E-state index in [1.54, 1.807) is 0 Å². The smallest absolute Gasteiger partial charge is 0.306 e. The van der Waals surface area contributed by atoms with Gasteiger partial charge in [0.2, 0.25) is 0 Å². The molecule has 10 heteroatoms. The molecule has 99 heavy (non-hydrogen) atoms. The van der Waals surface area contributed by atoms with E-state index in [0.717, 1.165) is 57.8 Å². The van der Waals surface area contributed by atoms with Gasteiger partial charge in [0.25, 0.3) is 7.82 Å². The van der Waals surface area contributed by atoms with E-state index in [-0.39, 0.29) is 32.0 Å². The van der Waals surface area contributed by atoms with Gasteiger partial charge < -0.3 is 27.9 Å². The number of quaternary nitrogens is 1. The fourth-order valence-corrected chi connectivity index (χ4v) is 14.2. The van der Waals surface area contributed by atoms with Crippen LogP contribution in [0.4, 0.5) is 0 Å². The van der Waals surface area contributed by atoms with Gasteiger partial charge in [-0.15, -0.1) is 0 Å². The Morgan fingerprint density at radius 3 is 0.859 bits per heavy atom. The second-order valence-corrected chi connectivity index (χ2v) is 32.7. The van der Waals surface area contributed by atoms with Crippen LogP contribution in [0, 0.1) is 0 Å². The summed E-state index contributed by atoms with van der Waals surface area (Å²) in [5.41, 5.74) is 0. The molecule has 0 aromatic carbocycles. The molecule has 0 aromatic heterocycles. The fourth-order valence-electron chi connectivity index (χ4n) is 13.5. The highest BCUT2D eigenvalue weighted by atomic mass is 31.2. The molecule has 2 atom stereocenters. The molecule has 0 aliphatic rings.